The van der Waals surface area contributed by atoms with Crippen LogP contribution in [-0.4, -0.2) is 16.4 Å². The summed E-state index contributed by atoms with van der Waals surface area (Å²) >= 11 is 3.57. The Labute approximate surface area is 121 Å². The van der Waals surface area contributed by atoms with Crippen molar-refractivity contribution in [3.05, 3.63) is 45.2 Å². The Morgan fingerprint density at radius 1 is 1.37 bits per heavy atom. The van der Waals surface area contributed by atoms with E-state index in [-0.39, 0.29) is 0 Å². The molecule has 0 N–H and O–H groups in total. The molecule has 0 saturated heterocycles. The van der Waals surface area contributed by atoms with E-state index in [1.165, 1.54) is 16.8 Å². The Bertz CT molecular complexity index is 619. The van der Waals surface area contributed by atoms with Crippen LogP contribution in [0.15, 0.2) is 22.7 Å². The maximum absolute atomic E-state index is 5.53. The van der Waals surface area contributed by atoms with E-state index < -0.39 is 0 Å². The molecule has 1 aromatic carbocycles. The van der Waals surface area contributed by atoms with Crippen LogP contribution in [0.2, 0.25) is 0 Å². The largest absolute Gasteiger partial charge is 0.493 e. The van der Waals surface area contributed by atoms with Crippen LogP contribution in [0.5, 0.6) is 5.75 Å². The number of hydrogen-bond acceptors (Lipinski definition) is 2. The van der Waals surface area contributed by atoms with E-state index in [1.807, 2.05) is 6.92 Å². The molecule has 1 aromatic heterocycles. The molecular weight excluding hydrogens is 304 g/mol. The van der Waals surface area contributed by atoms with Gasteiger partial charge in [-0.1, -0.05) is 12.1 Å². The molecule has 2 heterocycles. The van der Waals surface area contributed by atoms with Crippen molar-refractivity contribution in [1.29, 1.82) is 0 Å². The SMILES string of the molecule is Cc1nn(CCc2ccc3c(c2)CCO3)c(C)c1Br. The topological polar surface area (TPSA) is 27.1 Å². The molecule has 4 heteroatoms. The number of aryl methyl sites for hydroxylation is 3. The molecule has 2 aromatic rings. The third-order valence-electron chi connectivity index (χ3n) is 3.66. The van der Waals surface area contributed by atoms with Crippen molar-refractivity contribution in [2.45, 2.75) is 33.2 Å². The molecule has 0 fully saturated rings. The zero-order valence-electron chi connectivity index (χ0n) is 11.2. The first kappa shape index (κ1) is 12.7. The van der Waals surface area contributed by atoms with Crippen LogP contribution in [0, 0.1) is 13.8 Å². The first-order valence-corrected chi connectivity index (χ1v) is 7.38. The van der Waals surface area contributed by atoms with Gasteiger partial charge >= 0.3 is 0 Å². The van der Waals surface area contributed by atoms with Gasteiger partial charge in [-0.05, 0) is 53.4 Å². The molecule has 0 amide bonds. The minimum atomic E-state index is 0.823. The summed E-state index contributed by atoms with van der Waals surface area (Å²) in [5, 5.41) is 4.54. The Kier molecular flexibility index (Phi) is 3.35. The van der Waals surface area contributed by atoms with Crippen molar-refractivity contribution >= 4 is 15.9 Å². The van der Waals surface area contributed by atoms with Gasteiger partial charge in [-0.15, -0.1) is 0 Å². The van der Waals surface area contributed by atoms with Crippen molar-refractivity contribution in [2.24, 2.45) is 0 Å². The van der Waals surface area contributed by atoms with E-state index >= 15 is 0 Å². The normalized spacial score (nSPS) is 13.4. The zero-order valence-corrected chi connectivity index (χ0v) is 12.8. The Hall–Kier alpha value is -1.29. The molecule has 0 bridgehead atoms. The molecule has 3 rings (SSSR count). The predicted molar refractivity (Wildman–Crippen MR) is 78.7 cm³/mol. The quantitative estimate of drug-likeness (QED) is 0.866. The van der Waals surface area contributed by atoms with Crippen molar-refractivity contribution < 1.29 is 4.74 Å². The van der Waals surface area contributed by atoms with Gasteiger partial charge in [0.25, 0.3) is 0 Å². The molecule has 0 unspecified atom stereocenters. The molecule has 3 nitrogen and oxygen atoms in total. The summed E-state index contributed by atoms with van der Waals surface area (Å²) in [4.78, 5) is 0. The van der Waals surface area contributed by atoms with Crippen molar-refractivity contribution in [2.75, 3.05) is 6.61 Å². The van der Waals surface area contributed by atoms with E-state index in [0.29, 0.717) is 0 Å². The number of rotatable bonds is 3. The lowest BCUT2D eigenvalue weighted by Gasteiger charge is -2.06. The van der Waals surface area contributed by atoms with Gasteiger partial charge in [0, 0.05) is 18.7 Å². The standard InChI is InChI=1S/C15H17BrN2O/c1-10-15(16)11(2)18(17-10)7-5-12-3-4-14-13(9-12)6-8-19-14/h3-4,9H,5-8H2,1-2H3. The molecule has 0 saturated carbocycles. The summed E-state index contributed by atoms with van der Waals surface area (Å²) < 4.78 is 8.72. The minimum absolute atomic E-state index is 0.823. The van der Waals surface area contributed by atoms with Gasteiger partial charge in [-0.3, -0.25) is 4.68 Å². The van der Waals surface area contributed by atoms with E-state index in [1.54, 1.807) is 0 Å². The highest BCUT2D eigenvalue weighted by Gasteiger charge is 2.12. The highest BCUT2D eigenvalue weighted by Crippen LogP contribution is 2.26. The molecule has 0 atom stereocenters. The summed E-state index contributed by atoms with van der Waals surface area (Å²) in [6, 6.07) is 6.52. The second kappa shape index (κ2) is 5.00. The van der Waals surface area contributed by atoms with Gasteiger partial charge in [-0.2, -0.15) is 5.10 Å². The zero-order chi connectivity index (χ0) is 13.4. The summed E-state index contributed by atoms with van der Waals surface area (Å²) in [5.74, 6) is 1.05. The lowest BCUT2D eigenvalue weighted by Crippen LogP contribution is -2.05. The van der Waals surface area contributed by atoms with Gasteiger partial charge in [-0.25, -0.2) is 0 Å². The number of ether oxygens (including phenoxy) is 1. The van der Waals surface area contributed by atoms with Gasteiger partial charge in [0.1, 0.15) is 5.75 Å². The molecular formula is C15H17BrN2O. The van der Waals surface area contributed by atoms with Crippen LogP contribution < -0.4 is 4.74 Å². The van der Waals surface area contributed by atoms with Gasteiger partial charge in [0.05, 0.1) is 16.8 Å². The fraction of sp³-hybridized carbons (Fsp3) is 0.400. The fourth-order valence-corrected chi connectivity index (χ4v) is 2.81. The number of aromatic nitrogens is 2. The predicted octanol–water partition coefficient (Wildman–Crippen LogP) is 3.44. The molecule has 0 radical (unpaired) electrons. The highest BCUT2D eigenvalue weighted by molar-refractivity contribution is 9.10. The Morgan fingerprint density at radius 3 is 2.95 bits per heavy atom. The smallest absolute Gasteiger partial charge is 0.122 e. The monoisotopic (exact) mass is 320 g/mol. The third-order valence-corrected chi connectivity index (χ3v) is 4.81. The number of nitrogens with zero attached hydrogens (tertiary/aromatic N) is 2. The van der Waals surface area contributed by atoms with Gasteiger partial charge < -0.3 is 4.74 Å². The van der Waals surface area contributed by atoms with Crippen LogP contribution in [0.1, 0.15) is 22.5 Å². The van der Waals surface area contributed by atoms with Crippen LogP contribution in [0.25, 0.3) is 0 Å². The van der Waals surface area contributed by atoms with Gasteiger partial charge in [0.15, 0.2) is 0 Å². The van der Waals surface area contributed by atoms with Crippen LogP contribution in [-0.2, 0) is 19.4 Å². The lowest BCUT2D eigenvalue weighted by molar-refractivity contribution is 0.357. The third kappa shape index (κ3) is 2.41. The maximum Gasteiger partial charge on any atom is 0.122 e. The van der Waals surface area contributed by atoms with Crippen LogP contribution >= 0.6 is 15.9 Å². The number of halogens is 1. The van der Waals surface area contributed by atoms with E-state index in [4.69, 9.17) is 4.74 Å². The highest BCUT2D eigenvalue weighted by atomic mass is 79.9. The second-order valence-electron chi connectivity index (χ2n) is 5.00. The molecule has 19 heavy (non-hydrogen) atoms. The van der Waals surface area contributed by atoms with E-state index in [2.05, 4.69) is 50.8 Å². The maximum atomic E-state index is 5.53. The number of fused-ring (bicyclic) bond motifs is 1. The average molecular weight is 321 g/mol. The summed E-state index contributed by atoms with van der Waals surface area (Å²) in [5.41, 5.74) is 4.95. The molecule has 0 aliphatic carbocycles. The van der Waals surface area contributed by atoms with E-state index in [0.717, 1.165) is 41.9 Å². The van der Waals surface area contributed by atoms with Crippen molar-refractivity contribution in [3.63, 3.8) is 0 Å². The average Bonchev–Trinajstić information content (AvgIpc) is 2.96. The number of hydrogen-bond donors (Lipinski definition) is 0. The molecule has 100 valence electrons. The van der Waals surface area contributed by atoms with Crippen LogP contribution in [0.3, 0.4) is 0 Å². The lowest BCUT2D eigenvalue weighted by atomic mass is 10.1. The van der Waals surface area contributed by atoms with Crippen molar-refractivity contribution in [3.8, 4) is 5.75 Å². The van der Waals surface area contributed by atoms with Crippen molar-refractivity contribution in [1.82, 2.24) is 9.78 Å². The Morgan fingerprint density at radius 2 is 2.21 bits per heavy atom. The Balaban J connectivity index is 1.74. The molecule has 1 aliphatic rings. The second-order valence-corrected chi connectivity index (χ2v) is 5.79. The fourth-order valence-electron chi connectivity index (χ4n) is 2.52. The van der Waals surface area contributed by atoms with Crippen LogP contribution in [0.4, 0.5) is 0 Å². The summed E-state index contributed by atoms with van der Waals surface area (Å²) in [7, 11) is 0. The van der Waals surface area contributed by atoms with Gasteiger partial charge in [0.2, 0.25) is 0 Å². The molecule has 1 aliphatic heterocycles. The summed E-state index contributed by atoms with van der Waals surface area (Å²) in [6.45, 7) is 5.86. The minimum Gasteiger partial charge on any atom is -0.493 e. The summed E-state index contributed by atoms with van der Waals surface area (Å²) in [6.07, 6.45) is 2.04. The van der Waals surface area contributed by atoms with E-state index in [9.17, 15) is 0 Å². The first-order valence-electron chi connectivity index (χ1n) is 6.59. The number of benzene rings is 1. The molecule has 0 spiro atoms. The first-order chi connectivity index (χ1) is 9.15.